The lowest BCUT2D eigenvalue weighted by molar-refractivity contribution is -0.122. The van der Waals surface area contributed by atoms with Crippen LogP contribution in [0, 0.1) is 5.41 Å². The first-order valence-electron chi connectivity index (χ1n) is 11.6. The van der Waals surface area contributed by atoms with Gasteiger partial charge in [0.2, 0.25) is 15.9 Å². The Morgan fingerprint density at radius 1 is 1.09 bits per heavy atom. The predicted octanol–water partition coefficient (Wildman–Crippen LogP) is 4.51. The number of aromatic nitrogens is 1. The van der Waals surface area contributed by atoms with E-state index in [-0.39, 0.29) is 30.2 Å². The monoisotopic (exact) mass is 495 g/mol. The number of hydrogen-bond acceptors (Lipinski definition) is 4. The molecule has 34 heavy (non-hydrogen) atoms. The van der Waals surface area contributed by atoms with E-state index >= 15 is 0 Å². The molecule has 8 heteroatoms. The van der Waals surface area contributed by atoms with Crippen molar-refractivity contribution in [1.29, 1.82) is 0 Å². The van der Waals surface area contributed by atoms with Crippen LogP contribution in [0.25, 0.3) is 10.8 Å². The molecule has 0 bridgehead atoms. The first kappa shape index (κ1) is 22.0. The average Bonchev–Trinajstić information content (AvgIpc) is 3.45. The van der Waals surface area contributed by atoms with E-state index in [0.717, 1.165) is 40.4 Å². The van der Waals surface area contributed by atoms with Crippen molar-refractivity contribution < 1.29 is 13.2 Å². The summed E-state index contributed by atoms with van der Waals surface area (Å²) >= 11 is 6.37. The van der Waals surface area contributed by atoms with Crippen molar-refractivity contribution in [1.82, 2.24) is 9.29 Å². The number of pyridine rings is 1. The molecule has 3 heterocycles. The smallest absolute Gasteiger partial charge is 0.239 e. The van der Waals surface area contributed by atoms with Crippen LogP contribution < -0.4 is 4.90 Å². The lowest BCUT2D eigenvalue weighted by Crippen LogP contribution is -2.53. The fourth-order valence-electron chi connectivity index (χ4n) is 5.56. The second-order valence-corrected chi connectivity index (χ2v) is 12.7. The number of hydrogen-bond donors (Lipinski definition) is 0. The second-order valence-electron chi connectivity index (χ2n) is 10.3. The van der Waals surface area contributed by atoms with Crippen LogP contribution in [0.4, 0.5) is 5.69 Å². The third kappa shape index (κ3) is 3.44. The lowest BCUT2D eigenvalue weighted by atomic mass is 9.74. The van der Waals surface area contributed by atoms with Crippen LogP contribution in [0.2, 0.25) is 5.02 Å². The quantitative estimate of drug-likeness (QED) is 0.534. The van der Waals surface area contributed by atoms with E-state index in [1.54, 1.807) is 23.4 Å². The van der Waals surface area contributed by atoms with Gasteiger partial charge in [0.15, 0.2) is 0 Å². The average molecular weight is 496 g/mol. The predicted molar refractivity (Wildman–Crippen MR) is 133 cm³/mol. The molecule has 2 aromatic carbocycles. The maximum absolute atomic E-state index is 14.2. The third-order valence-electron chi connectivity index (χ3n) is 7.76. The van der Waals surface area contributed by atoms with Crippen LogP contribution in [0.15, 0.2) is 54.9 Å². The Balaban J connectivity index is 1.44. The molecular formula is C26H26ClN3O3S. The summed E-state index contributed by atoms with van der Waals surface area (Å²) in [4.78, 5) is 20.3. The van der Waals surface area contributed by atoms with Gasteiger partial charge >= 0.3 is 0 Å². The molecule has 3 aliphatic rings. The Morgan fingerprint density at radius 2 is 1.88 bits per heavy atom. The summed E-state index contributed by atoms with van der Waals surface area (Å²) in [6, 6.07) is 13.4. The fraction of sp³-hybridized carbons (Fsp3) is 0.385. The molecule has 0 radical (unpaired) electrons. The Kier molecular flexibility index (Phi) is 4.86. The molecule has 2 aliphatic heterocycles. The van der Waals surface area contributed by atoms with Crippen molar-refractivity contribution in [3.63, 3.8) is 0 Å². The molecule has 6 nitrogen and oxygen atoms in total. The van der Waals surface area contributed by atoms with E-state index in [0.29, 0.717) is 18.0 Å². The Labute approximate surface area is 204 Å². The molecule has 6 rings (SSSR count). The third-order valence-corrected chi connectivity index (χ3v) is 10.1. The standard InChI is InChI=1S/C26H26ClN3O3S/c1-25(8-9-25)17-34(32,33)29-15-19-6-7-20(27)12-22(19)26(16-29)10-11-30(24(26)31)23-14-28-13-18-4-2-3-5-21(18)23/h2-7,12-14H,8-11,15-17H2,1H3. The van der Waals surface area contributed by atoms with Crippen molar-refractivity contribution in [3.05, 3.63) is 71.0 Å². The van der Waals surface area contributed by atoms with Crippen LogP contribution in [0.5, 0.6) is 0 Å². The number of rotatable bonds is 4. The molecule has 1 unspecified atom stereocenters. The van der Waals surface area contributed by atoms with Crippen LogP contribution in [-0.2, 0) is 26.8 Å². The Bertz CT molecular complexity index is 1430. The molecule has 0 N–H and O–H groups in total. The van der Waals surface area contributed by atoms with Gasteiger partial charge in [0.05, 0.1) is 23.1 Å². The van der Waals surface area contributed by atoms with Crippen LogP contribution in [0.1, 0.15) is 37.3 Å². The number of carbonyl (C=O) groups is 1. The zero-order valence-corrected chi connectivity index (χ0v) is 20.6. The summed E-state index contributed by atoms with van der Waals surface area (Å²) in [5, 5.41) is 2.47. The highest BCUT2D eigenvalue weighted by atomic mass is 35.5. The highest BCUT2D eigenvalue weighted by Gasteiger charge is 2.55. The van der Waals surface area contributed by atoms with Gasteiger partial charge in [-0.05, 0) is 47.9 Å². The van der Waals surface area contributed by atoms with Crippen LogP contribution in [0.3, 0.4) is 0 Å². The van der Waals surface area contributed by atoms with Crippen molar-refractivity contribution in [2.24, 2.45) is 5.41 Å². The van der Waals surface area contributed by atoms with Gasteiger partial charge in [-0.3, -0.25) is 9.78 Å². The number of benzene rings is 2. The summed E-state index contributed by atoms with van der Waals surface area (Å²) in [6.07, 6.45) is 5.89. The zero-order valence-electron chi connectivity index (χ0n) is 19.0. The minimum absolute atomic E-state index is 0.0910. The maximum atomic E-state index is 14.2. The summed E-state index contributed by atoms with van der Waals surface area (Å²) < 4.78 is 28.4. The second kappa shape index (κ2) is 7.51. The number of sulfonamides is 1. The number of halogens is 1. The zero-order chi connectivity index (χ0) is 23.7. The van der Waals surface area contributed by atoms with Gasteiger partial charge in [0.25, 0.3) is 0 Å². The Morgan fingerprint density at radius 3 is 2.68 bits per heavy atom. The molecule has 3 aromatic rings. The van der Waals surface area contributed by atoms with Gasteiger partial charge in [0, 0.05) is 41.6 Å². The molecule has 1 aliphatic carbocycles. The molecule has 1 atom stereocenters. The van der Waals surface area contributed by atoms with Gasteiger partial charge in [-0.2, -0.15) is 4.31 Å². The Hall–Kier alpha value is -2.48. The molecular weight excluding hydrogens is 470 g/mol. The van der Waals surface area contributed by atoms with E-state index in [1.165, 1.54) is 4.31 Å². The lowest BCUT2D eigenvalue weighted by Gasteiger charge is -2.40. The fourth-order valence-corrected chi connectivity index (χ4v) is 7.84. The van der Waals surface area contributed by atoms with Crippen LogP contribution >= 0.6 is 11.6 Å². The molecule has 1 saturated carbocycles. The number of nitrogens with zero attached hydrogens (tertiary/aromatic N) is 3. The topological polar surface area (TPSA) is 70.6 Å². The highest BCUT2D eigenvalue weighted by Crippen LogP contribution is 2.49. The van der Waals surface area contributed by atoms with E-state index in [1.807, 2.05) is 43.3 Å². The van der Waals surface area contributed by atoms with Crippen molar-refractivity contribution in [2.75, 3.05) is 23.7 Å². The van der Waals surface area contributed by atoms with Crippen molar-refractivity contribution in [3.8, 4) is 0 Å². The van der Waals surface area contributed by atoms with E-state index in [4.69, 9.17) is 11.6 Å². The molecule has 1 aromatic heterocycles. The molecule has 2 fully saturated rings. The molecule has 1 saturated heterocycles. The summed E-state index contributed by atoms with van der Waals surface area (Å²) in [5.41, 5.74) is 1.35. The summed E-state index contributed by atoms with van der Waals surface area (Å²) in [7, 11) is -3.52. The first-order chi connectivity index (χ1) is 16.2. The maximum Gasteiger partial charge on any atom is 0.239 e. The van der Waals surface area contributed by atoms with E-state index < -0.39 is 15.4 Å². The van der Waals surface area contributed by atoms with Crippen molar-refractivity contribution >= 4 is 44.0 Å². The van der Waals surface area contributed by atoms with E-state index in [2.05, 4.69) is 4.98 Å². The van der Waals surface area contributed by atoms with Gasteiger partial charge in [0.1, 0.15) is 0 Å². The first-order valence-corrected chi connectivity index (χ1v) is 13.6. The largest absolute Gasteiger partial charge is 0.309 e. The van der Waals surface area contributed by atoms with Gasteiger partial charge in [-0.15, -0.1) is 0 Å². The molecule has 176 valence electrons. The number of carbonyl (C=O) groups excluding carboxylic acids is 1. The van der Waals surface area contributed by atoms with Crippen molar-refractivity contribution in [2.45, 2.75) is 38.1 Å². The summed E-state index contributed by atoms with van der Waals surface area (Å²) in [6.45, 7) is 2.93. The normalized spacial score (nSPS) is 24.1. The van der Waals surface area contributed by atoms with Gasteiger partial charge < -0.3 is 4.90 Å². The number of amides is 1. The van der Waals surface area contributed by atoms with E-state index in [9.17, 15) is 13.2 Å². The van der Waals surface area contributed by atoms with Gasteiger partial charge in [-0.25, -0.2) is 8.42 Å². The molecule has 1 spiro atoms. The van der Waals surface area contributed by atoms with Crippen LogP contribution in [-0.4, -0.2) is 42.5 Å². The minimum Gasteiger partial charge on any atom is -0.309 e. The highest BCUT2D eigenvalue weighted by molar-refractivity contribution is 7.89. The van der Waals surface area contributed by atoms with Gasteiger partial charge in [-0.1, -0.05) is 48.9 Å². The number of anilines is 1. The number of fused-ring (bicyclic) bond motifs is 3. The SMILES string of the molecule is CC1(CS(=O)(=O)N2Cc3ccc(Cl)cc3C3(CCN(c4cncc5ccccc45)C3=O)C2)CC1. The summed E-state index contributed by atoms with van der Waals surface area (Å²) in [5.74, 6) is 0.0381. The molecule has 1 amide bonds. The minimum atomic E-state index is -3.52.